The van der Waals surface area contributed by atoms with Crippen LogP contribution in [-0.4, -0.2) is 24.0 Å². The maximum atomic E-state index is 14.3. The predicted molar refractivity (Wildman–Crippen MR) is 84.8 cm³/mol. The Hall–Kier alpha value is -2.49. The zero-order chi connectivity index (χ0) is 16.4. The van der Waals surface area contributed by atoms with E-state index in [0.717, 1.165) is 11.1 Å². The normalized spacial score (nSPS) is 22.4. The molecule has 0 spiro atoms. The van der Waals surface area contributed by atoms with Crippen molar-refractivity contribution in [2.24, 2.45) is 5.92 Å². The van der Waals surface area contributed by atoms with Gasteiger partial charge in [0.1, 0.15) is 0 Å². The Kier molecular flexibility index (Phi) is 3.99. The lowest BCUT2D eigenvalue weighted by molar-refractivity contribution is -0.151. The van der Waals surface area contributed by atoms with Gasteiger partial charge >= 0.3 is 5.97 Å². The third-order valence-corrected chi connectivity index (χ3v) is 4.10. The summed E-state index contributed by atoms with van der Waals surface area (Å²) in [5, 5.41) is 0. The first-order chi connectivity index (χ1) is 11.1. The molecule has 2 atom stereocenters. The van der Waals surface area contributed by atoms with Gasteiger partial charge in [0.05, 0.1) is 12.5 Å². The molecule has 1 aliphatic rings. The highest BCUT2D eigenvalue weighted by atomic mass is 19.1. The zero-order valence-electron chi connectivity index (χ0n) is 12.8. The molecule has 0 bridgehead atoms. The highest BCUT2D eigenvalue weighted by Crippen LogP contribution is 2.50. The van der Waals surface area contributed by atoms with Crippen LogP contribution >= 0.6 is 0 Å². The van der Waals surface area contributed by atoms with Gasteiger partial charge in [0.2, 0.25) is 5.67 Å². The minimum Gasteiger partial charge on any atom is -0.464 e. The van der Waals surface area contributed by atoms with Gasteiger partial charge < -0.3 is 4.74 Å². The second kappa shape index (κ2) is 5.95. The van der Waals surface area contributed by atoms with Crippen molar-refractivity contribution in [1.29, 1.82) is 0 Å². The summed E-state index contributed by atoms with van der Waals surface area (Å²) in [6.07, 6.45) is -0.0922. The summed E-state index contributed by atoms with van der Waals surface area (Å²) in [4.78, 5) is 23.9. The Morgan fingerprint density at radius 1 is 1.09 bits per heavy atom. The molecule has 2 aromatic carbocycles. The highest BCUT2D eigenvalue weighted by molar-refractivity contribution is 6.06. The Balaban J connectivity index is 1.74. The van der Waals surface area contributed by atoms with Gasteiger partial charge in [0.25, 0.3) is 0 Å². The summed E-state index contributed by atoms with van der Waals surface area (Å²) in [5.41, 5.74) is 0.295. The standard InChI is InChI=1S/C19H17FO3/c1-2-23-18(22)19(20)12-16(19)17(21)15-10-8-14(9-11-15)13-6-4-3-5-7-13/h3-11,16H,2,12H2,1H3/t16-,19-/m0/s1. The largest absolute Gasteiger partial charge is 0.464 e. The van der Waals surface area contributed by atoms with E-state index < -0.39 is 17.6 Å². The summed E-state index contributed by atoms with van der Waals surface area (Å²) in [7, 11) is 0. The van der Waals surface area contributed by atoms with E-state index in [1.807, 2.05) is 42.5 Å². The Morgan fingerprint density at radius 2 is 1.70 bits per heavy atom. The third-order valence-electron chi connectivity index (χ3n) is 4.10. The molecule has 0 saturated heterocycles. The van der Waals surface area contributed by atoms with Gasteiger partial charge in [-0.2, -0.15) is 0 Å². The van der Waals surface area contributed by atoms with Crippen LogP contribution in [0.4, 0.5) is 4.39 Å². The average Bonchev–Trinajstić information content (AvgIpc) is 3.29. The molecular formula is C19H17FO3. The van der Waals surface area contributed by atoms with Crippen LogP contribution in [-0.2, 0) is 9.53 Å². The number of esters is 1. The van der Waals surface area contributed by atoms with Crippen molar-refractivity contribution in [3.63, 3.8) is 0 Å². The molecular weight excluding hydrogens is 295 g/mol. The molecule has 3 nitrogen and oxygen atoms in total. The monoisotopic (exact) mass is 312 g/mol. The van der Waals surface area contributed by atoms with E-state index in [0.29, 0.717) is 5.56 Å². The van der Waals surface area contributed by atoms with Crippen molar-refractivity contribution < 1.29 is 18.7 Å². The molecule has 1 fully saturated rings. The number of alkyl halides is 1. The van der Waals surface area contributed by atoms with Crippen LogP contribution in [0.3, 0.4) is 0 Å². The number of hydrogen-bond donors (Lipinski definition) is 0. The van der Waals surface area contributed by atoms with Crippen LogP contribution < -0.4 is 0 Å². The van der Waals surface area contributed by atoms with Gasteiger partial charge in [-0.25, -0.2) is 9.18 Å². The predicted octanol–water partition coefficient (Wildman–Crippen LogP) is 3.83. The van der Waals surface area contributed by atoms with E-state index in [1.165, 1.54) is 0 Å². The third kappa shape index (κ3) is 2.89. The van der Waals surface area contributed by atoms with E-state index >= 15 is 0 Å². The maximum Gasteiger partial charge on any atom is 0.344 e. The van der Waals surface area contributed by atoms with Gasteiger partial charge in [-0.1, -0.05) is 54.6 Å². The first-order valence-corrected chi connectivity index (χ1v) is 7.62. The second-order valence-electron chi connectivity index (χ2n) is 5.65. The highest BCUT2D eigenvalue weighted by Gasteiger charge is 2.66. The Bertz CT molecular complexity index is 724. The van der Waals surface area contributed by atoms with Crippen molar-refractivity contribution >= 4 is 11.8 Å². The molecule has 1 aliphatic carbocycles. The molecule has 2 aromatic rings. The van der Waals surface area contributed by atoms with Gasteiger partial charge in [0, 0.05) is 12.0 Å². The molecule has 0 aromatic heterocycles. The summed E-state index contributed by atoms with van der Waals surface area (Å²) >= 11 is 0. The Labute approximate surface area is 134 Å². The van der Waals surface area contributed by atoms with Crippen molar-refractivity contribution in [3.8, 4) is 11.1 Å². The fraction of sp³-hybridized carbons (Fsp3) is 0.263. The first-order valence-electron chi connectivity index (χ1n) is 7.62. The minimum atomic E-state index is -2.15. The van der Waals surface area contributed by atoms with Crippen molar-refractivity contribution in [2.45, 2.75) is 19.0 Å². The number of hydrogen-bond acceptors (Lipinski definition) is 3. The second-order valence-corrected chi connectivity index (χ2v) is 5.65. The van der Waals surface area contributed by atoms with Gasteiger partial charge in [0.15, 0.2) is 5.78 Å². The summed E-state index contributed by atoms with van der Waals surface area (Å²) in [5.74, 6) is -2.21. The van der Waals surface area contributed by atoms with Gasteiger partial charge in [-0.3, -0.25) is 4.79 Å². The number of halogens is 1. The molecule has 0 radical (unpaired) electrons. The van der Waals surface area contributed by atoms with Crippen molar-refractivity contribution in [2.75, 3.05) is 6.61 Å². The lowest BCUT2D eigenvalue weighted by Gasteiger charge is -2.07. The van der Waals surface area contributed by atoms with Crippen LogP contribution in [0.15, 0.2) is 54.6 Å². The molecule has 1 saturated carbocycles. The van der Waals surface area contributed by atoms with E-state index in [2.05, 4.69) is 0 Å². The average molecular weight is 312 g/mol. The number of benzene rings is 2. The fourth-order valence-electron chi connectivity index (χ4n) is 2.67. The number of rotatable bonds is 5. The topological polar surface area (TPSA) is 43.4 Å². The van der Waals surface area contributed by atoms with E-state index in [-0.39, 0.29) is 18.8 Å². The molecule has 23 heavy (non-hydrogen) atoms. The van der Waals surface area contributed by atoms with E-state index in [9.17, 15) is 14.0 Å². The van der Waals surface area contributed by atoms with Crippen LogP contribution in [0.25, 0.3) is 11.1 Å². The molecule has 0 amide bonds. The summed E-state index contributed by atoms with van der Waals surface area (Å²) in [6.45, 7) is 1.72. The molecule has 0 unspecified atom stereocenters. The first kappa shape index (κ1) is 15.4. The maximum absolute atomic E-state index is 14.3. The molecule has 0 heterocycles. The van der Waals surface area contributed by atoms with Gasteiger partial charge in [-0.15, -0.1) is 0 Å². The van der Waals surface area contributed by atoms with Gasteiger partial charge in [-0.05, 0) is 18.1 Å². The smallest absolute Gasteiger partial charge is 0.344 e. The summed E-state index contributed by atoms with van der Waals surface area (Å²) in [6, 6.07) is 16.8. The Morgan fingerprint density at radius 3 is 2.30 bits per heavy atom. The number of carbonyl (C=O) groups excluding carboxylic acids is 2. The van der Waals surface area contributed by atoms with Crippen LogP contribution in [0, 0.1) is 5.92 Å². The molecule has 0 N–H and O–H groups in total. The number of Topliss-reactive ketones (excluding diaryl/α,β-unsaturated/α-hetero) is 1. The molecule has 3 rings (SSSR count). The lowest BCUT2D eigenvalue weighted by atomic mass is 10.0. The number of ether oxygens (including phenoxy) is 1. The number of carbonyl (C=O) groups is 2. The van der Waals surface area contributed by atoms with Crippen LogP contribution in [0.1, 0.15) is 23.7 Å². The fourth-order valence-corrected chi connectivity index (χ4v) is 2.67. The molecule has 4 heteroatoms. The lowest BCUT2D eigenvalue weighted by Crippen LogP contribution is -2.25. The SMILES string of the molecule is CCOC(=O)[C@]1(F)C[C@H]1C(=O)c1ccc(-c2ccccc2)cc1. The van der Waals surface area contributed by atoms with E-state index in [4.69, 9.17) is 4.74 Å². The minimum absolute atomic E-state index is 0.0922. The van der Waals surface area contributed by atoms with Crippen molar-refractivity contribution in [3.05, 3.63) is 60.2 Å². The zero-order valence-corrected chi connectivity index (χ0v) is 12.8. The molecule has 118 valence electrons. The summed E-state index contributed by atoms with van der Waals surface area (Å²) < 4.78 is 19.0. The number of ketones is 1. The van der Waals surface area contributed by atoms with Crippen molar-refractivity contribution in [1.82, 2.24) is 0 Å². The quantitative estimate of drug-likeness (QED) is 0.622. The van der Waals surface area contributed by atoms with Crippen LogP contribution in [0.2, 0.25) is 0 Å². The van der Waals surface area contributed by atoms with Crippen LogP contribution in [0.5, 0.6) is 0 Å². The van der Waals surface area contributed by atoms with E-state index in [1.54, 1.807) is 19.1 Å². The molecule has 0 aliphatic heterocycles.